The van der Waals surface area contributed by atoms with Gasteiger partial charge in [0.2, 0.25) is 11.8 Å². The molecule has 0 bridgehead atoms. The summed E-state index contributed by atoms with van der Waals surface area (Å²) in [6, 6.07) is 11.5. The van der Waals surface area contributed by atoms with Crippen LogP contribution in [0.4, 0.5) is 0 Å². The normalized spacial score (nSPS) is 16.2. The Morgan fingerprint density at radius 3 is 2.15 bits per heavy atom. The quantitative estimate of drug-likeness (QED) is 0.903. The fourth-order valence-corrected chi connectivity index (χ4v) is 3.13. The summed E-state index contributed by atoms with van der Waals surface area (Å²) in [6.07, 6.45) is 7.72. The Morgan fingerprint density at radius 2 is 1.59 bits per heavy atom. The molecule has 1 aromatic carbocycles. The number of likely N-dealkylation sites (tertiary alicyclic amines) is 1. The second kappa shape index (κ2) is 8.66. The maximum atomic E-state index is 11.5. The number of primary amides is 1. The number of hydrogen-bond donors (Lipinski definition) is 1. The highest BCUT2D eigenvalue weighted by Crippen LogP contribution is 2.31. The van der Waals surface area contributed by atoms with E-state index in [-0.39, 0.29) is 5.56 Å². The molecule has 2 aromatic rings. The lowest BCUT2D eigenvalue weighted by molar-refractivity contribution is -0.133. The van der Waals surface area contributed by atoms with Crippen molar-refractivity contribution in [2.24, 2.45) is 11.7 Å². The minimum Gasteiger partial charge on any atom is -0.366 e. The summed E-state index contributed by atoms with van der Waals surface area (Å²) in [5.74, 6) is 0.379. The van der Waals surface area contributed by atoms with Crippen LogP contribution in [0.15, 0.2) is 53.5 Å². The van der Waals surface area contributed by atoms with Crippen LogP contribution in [0.5, 0.6) is 0 Å². The van der Waals surface area contributed by atoms with Crippen LogP contribution in [0.2, 0.25) is 0 Å². The van der Waals surface area contributed by atoms with Crippen molar-refractivity contribution in [3.63, 3.8) is 0 Å². The van der Waals surface area contributed by atoms with E-state index in [2.05, 4.69) is 4.90 Å². The highest BCUT2D eigenvalue weighted by Gasteiger charge is 2.33. The summed E-state index contributed by atoms with van der Waals surface area (Å²) in [5.41, 5.74) is 6.14. The average molecular weight is 367 g/mol. The van der Waals surface area contributed by atoms with Crippen molar-refractivity contribution in [3.05, 3.63) is 64.6 Å². The highest BCUT2D eigenvalue weighted by molar-refractivity contribution is 5.92. The standard InChI is InChI=1S/C12H10N2O2.C9H15NO/c13-12(16)9-4-6-10(7-5-9)14-8-2-1-3-11(14)15;11-9(8-4-5-8)10-6-2-1-3-7-10/h1-8H,(H2,13,16);8H,1-7H2. The first-order chi connectivity index (χ1) is 13.1. The van der Waals surface area contributed by atoms with Gasteiger partial charge in [-0.3, -0.25) is 19.0 Å². The van der Waals surface area contributed by atoms with E-state index in [0.717, 1.165) is 25.9 Å². The number of piperidine rings is 1. The number of aromatic nitrogens is 1. The Labute approximate surface area is 158 Å². The van der Waals surface area contributed by atoms with Crippen LogP contribution < -0.4 is 11.3 Å². The molecule has 1 saturated carbocycles. The minimum atomic E-state index is -0.480. The van der Waals surface area contributed by atoms with Gasteiger partial charge in [-0.05, 0) is 62.4 Å². The molecule has 142 valence electrons. The third-order valence-electron chi connectivity index (χ3n) is 4.85. The van der Waals surface area contributed by atoms with E-state index in [9.17, 15) is 14.4 Å². The van der Waals surface area contributed by atoms with Crippen molar-refractivity contribution in [2.45, 2.75) is 32.1 Å². The second-order valence-corrected chi connectivity index (χ2v) is 6.98. The van der Waals surface area contributed by atoms with Gasteiger partial charge in [-0.1, -0.05) is 6.07 Å². The number of benzene rings is 1. The van der Waals surface area contributed by atoms with Gasteiger partial charge in [0.1, 0.15) is 0 Å². The van der Waals surface area contributed by atoms with Crippen LogP contribution in [0.3, 0.4) is 0 Å². The number of nitrogens with zero attached hydrogens (tertiary/aromatic N) is 2. The summed E-state index contributed by atoms with van der Waals surface area (Å²) in [7, 11) is 0. The zero-order valence-corrected chi connectivity index (χ0v) is 15.3. The molecule has 2 N–H and O–H groups in total. The molecule has 0 spiro atoms. The van der Waals surface area contributed by atoms with Crippen molar-refractivity contribution in [1.82, 2.24) is 9.47 Å². The zero-order chi connectivity index (χ0) is 19.2. The van der Waals surface area contributed by atoms with Gasteiger partial charge in [0, 0.05) is 42.5 Å². The largest absolute Gasteiger partial charge is 0.366 e. The SMILES string of the molecule is NC(=O)c1ccc(-n2ccccc2=O)cc1.O=C(C1CC1)N1CCCCC1. The van der Waals surface area contributed by atoms with E-state index in [1.54, 1.807) is 42.6 Å². The lowest BCUT2D eigenvalue weighted by Gasteiger charge is -2.26. The first kappa shape index (κ1) is 18.9. The topological polar surface area (TPSA) is 85.4 Å². The monoisotopic (exact) mass is 367 g/mol. The third kappa shape index (κ3) is 5.06. The van der Waals surface area contributed by atoms with Crippen LogP contribution in [0, 0.1) is 5.92 Å². The van der Waals surface area contributed by atoms with Crippen molar-refractivity contribution in [1.29, 1.82) is 0 Å². The number of nitrogens with two attached hydrogens (primary N) is 1. The van der Waals surface area contributed by atoms with Gasteiger partial charge in [-0.25, -0.2) is 0 Å². The van der Waals surface area contributed by atoms with Crippen molar-refractivity contribution < 1.29 is 9.59 Å². The van der Waals surface area contributed by atoms with Gasteiger partial charge < -0.3 is 10.6 Å². The fraction of sp³-hybridized carbons (Fsp3) is 0.381. The molecule has 2 aliphatic rings. The van der Waals surface area contributed by atoms with E-state index < -0.39 is 5.91 Å². The van der Waals surface area contributed by atoms with Gasteiger partial charge >= 0.3 is 0 Å². The van der Waals surface area contributed by atoms with Crippen LogP contribution in [-0.4, -0.2) is 34.4 Å². The summed E-state index contributed by atoms with van der Waals surface area (Å²) < 4.78 is 1.49. The summed E-state index contributed by atoms with van der Waals surface area (Å²) in [5, 5.41) is 0. The predicted molar refractivity (Wildman–Crippen MR) is 104 cm³/mol. The molecule has 2 heterocycles. The van der Waals surface area contributed by atoms with Gasteiger partial charge in [-0.2, -0.15) is 0 Å². The van der Waals surface area contributed by atoms with Crippen molar-refractivity contribution in [2.75, 3.05) is 13.1 Å². The zero-order valence-electron chi connectivity index (χ0n) is 15.3. The average Bonchev–Trinajstić information content (AvgIpc) is 3.54. The Balaban J connectivity index is 0.000000166. The fourth-order valence-electron chi connectivity index (χ4n) is 3.13. The second-order valence-electron chi connectivity index (χ2n) is 6.98. The molecule has 6 heteroatoms. The van der Waals surface area contributed by atoms with E-state index in [1.807, 2.05) is 0 Å². The maximum absolute atomic E-state index is 11.5. The molecule has 27 heavy (non-hydrogen) atoms. The molecular weight excluding hydrogens is 342 g/mol. The molecule has 0 radical (unpaired) electrons. The molecule has 1 aliphatic heterocycles. The number of amides is 2. The number of carbonyl (C=O) groups is 2. The van der Waals surface area contributed by atoms with E-state index in [1.165, 1.54) is 29.9 Å². The van der Waals surface area contributed by atoms with Gasteiger partial charge in [0.25, 0.3) is 5.56 Å². The lowest BCUT2D eigenvalue weighted by Crippen LogP contribution is -2.36. The summed E-state index contributed by atoms with van der Waals surface area (Å²) >= 11 is 0. The molecule has 1 aliphatic carbocycles. The highest BCUT2D eigenvalue weighted by atomic mass is 16.2. The minimum absolute atomic E-state index is 0.116. The van der Waals surface area contributed by atoms with Gasteiger partial charge in [0.05, 0.1) is 0 Å². The molecule has 2 fully saturated rings. The van der Waals surface area contributed by atoms with Gasteiger partial charge in [0.15, 0.2) is 0 Å². The van der Waals surface area contributed by atoms with Crippen LogP contribution >= 0.6 is 0 Å². The Hall–Kier alpha value is -2.89. The molecule has 1 aromatic heterocycles. The van der Waals surface area contributed by atoms with Crippen LogP contribution in [0.1, 0.15) is 42.5 Å². The summed E-state index contributed by atoms with van der Waals surface area (Å²) in [4.78, 5) is 35.9. The van der Waals surface area contributed by atoms with E-state index >= 15 is 0 Å². The van der Waals surface area contributed by atoms with Gasteiger partial charge in [-0.15, -0.1) is 0 Å². The molecular formula is C21H25N3O3. The molecule has 0 unspecified atom stereocenters. The number of carbonyl (C=O) groups excluding carboxylic acids is 2. The Morgan fingerprint density at radius 1 is 0.926 bits per heavy atom. The molecule has 4 rings (SSSR count). The summed E-state index contributed by atoms with van der Waals surface area (Å²) in [6.45, 7) is 2.05. The molecule has 1 saturated heterocycles. The van der Waals surface area contributed by atoms with E-state index in [0.29, 0.717) is 23.1 Å². The number of pyridine rings is 1. The third-order valence-corrected chi connectivity index (χ3v) is 4.85. The van der Waals surface area contributed by atoms with E-state index in [4.69, 9.17) is 5.73 Å². The van der Waals surface area contributed by atoms with Crippen LogP contribution in [0.25, 0.3) is 5.69 Å². The first-order valence-corrected chi connectivity index (χ1v) is 9.43. The molecule has 6 nitrogen and oxygen atoms in total. The lowest BCUT2D eigenvalue weighted by atomic mass is 10.1. The van der Waals surface area contributed by atoms with Crippen molar-refractivity contribution in [3.8, 4) is 5.69 Å². The predicted octanol–water partition coefficient (Wildman–Crippen LogP) is 2.35. The Kier molecular flexibility index (Phi) is 6.06. The Bertz CT molecular complexity index is 847. The number of rotatable bonds is 3. The van der Waals surface area contributed by atoms with Crippen LogP contribution in [-0.2, 0) is 4.79 Å². The van der Waals surface area contributed by atoms with Crippen molar-refractivity contribution >= 4 is 11.8 Å². The maximum Gasteiger partial charge on any atom is 0.255 e. The first-order valence-electron chi connectivity index (χ1n) is 9.43. The molecule has 0 atom stereocenters. The smallest absolute Gasteiger partial charge is 0.255 e. The number of hydrogen-bond acceptors (Lipinski definition) is 3. The molecule has 2 amide bonds.